The van der Waals surface area contributed by atoms with E-state index in [0.29, 0.717) is 23.3 Å². The maximum atomic E-state index is 12.5. The Labute approximate surface area is 153 Å². The van der Waals surface area contributed by atoms with E-state index < -0.39 is 0 Å². The number of hydrogen-bond acceptors (Lipinski definition) is 6. The van der Waals surface area contributed by atoms with Gasteiger partial charge in [-0.1, -0.05) is 13.8 Å². The van der Waals surface area contributed by atoms with Gasteiger partial charge in [-0.3, -0.25) is 14.7 Å². The molecule has 2 aliphatic rings. The first-order valence-corrected chi connectivity index (χ1v) is 9.18. The van der Waals surface area contributed by atoms with Crippen LogP contribution in [0.1, 0.15) is 48.4 Å². The van der Waals surface area contributed by atoms with Crippen LogP contribution in [0.5, 0.6) is 0 Å². The van der Waals surface area contributed by atoms with Crippen molar-refractivity contribution in [1.82, 2.24) is 25.0 Å². The zero-order valence-electron chi connectivity index (χ0n) is 15.6. The monoisotopic (exact) mass is 355 g/mol. The van der Waals surface area contributed by atoms with Crippen LogP contribution in [0, 0.1) is 11.3 Å². The first-order valence-electron chi connectivity index (χ1n) is 9.18. The summed E-state index contributed by atoms with van der Waals surface area (Å²) in [5.41, 5.74) is 0.782. The van der Waals surface area contributed by atoms with Gasteiger partial charge in [0.2, 0.25) is 11.8 Å². The van der Waals surface area contributed by atoms with Crippen LogP contribution < -0.4 is 0 Å². The lowest BCUT2D eigenvalue weighted by molar-refractivity contribution is 0.0114. The molecule has 0 N–H and O–H groups in total. The van der Waals surface area contributed by atoms with Crippen molar-refractivity contribution in [1.29, 1.82) is 0 Å². The Kier molecular flexibility index (Phi) is 4.26. The second-order valence-electron chi connectivity index (χ2n) is 8.17. The van der Waals surface area contributed by atoms with Gasteiger partial charge in [0.25, 0.3) is 5.91 Å². The molecule has 4 rings (SSSR count). The highest BCUT2D eigenvalue weighted by Gasteiger charge is 2.53. The zero-order valence-corrected chi connectivity index (χ0v) is 15.6. The summed E-state index contributed by atoms with van der Waals surface area (Å²) in [6, 6.07) is 3.75. The van der Waals surface area contributed by atoms with E-state index in [4.69, 9.17) is 4.42 Å². The summed E-state index contributed by atoms with van der Waals surface area (Å²) in [5, 5.41) is 8.48. The molecule has 2 aromatic heterocycles. The van der Waals surface area contributed by atoms with Gasteiger partial charge in [-0.2, -0.15) is 0 Å². The molecule has 1 atom stereocenters. The van der Waals surface area contributed by atoms with Crippen LogP contribution in [0.2, 0.25) is 0 Å². The number of carbonyl (C=O) groups is 1. The Balaban J connectivity index is 1.40. The Bertz CT molecular complexity index is 782. The molecule has 4 heterocycles. The van der Waals surface area contributed by atoms with Gasteiger partial charge in [-0.25, -0.2) is 0 Å². The number of carbonyl (C=O) groups excluding carboxylic acids is 1. The van der Waals surface area contributed by atoms with Gasteiger partial charge in [-0.15, -0.1) is 10.2 Å². The Morgan fingerprint density at radius 3 is 2.85 bits per heavy atom. The molecule has 1 spiro atoms. The van der Waals surface area contributed by atoms with Crippen LogP contribution >= 0.6 is 0 Å². The summed E-state index contributed by atoms with van der Waals surface area (Å²) in [5.74, 6) is 1.98. The predicted molar refractivity (Wildman–Crippen MR) is 95.4 cm³/mol. The van der Waals surface area contributed by atoms with Crippen molar-refractivity contribution in [3.05, 3.63) is 41.9 Å². The average Bonchev–Trinajstić information content (AvgIpc) is 3.17. The van der Waals surface area contributed by atoms with Crippen molar-refractivity contribution in [2.75, 3.05) is 26.7 Å². The van der Waals surface area contributed by atoms with Gasteiger partial charge >= 0.3 is 0 Å². The van der Waals surface area contributed by atoms with Gasteiger partial charge in [0.05, 0.1) is 11.6 Å². The summed E-state index contributed by atoms with van der Waals surface area (Å²) < 4.78 is 5.90. The van der Waals surface area contributed by atoms with Gasteiger partial charge in [-0.05, 0) is 31.5 Å². The Morgan fingerprint density at radius 2 is 2.15 bits per heavy atom. The molecule has 7 heteroatoms. The molecule has 0 bridgehead atoms. The standard InChI is InChI=1S/C19H25N5O2/c1-13(2)7-16-21-22-17(26-16)15-8-19(10-23(15)3)11-24(12-19)18(25)14-5-4-6-20-9-14/h4-6,9,13,15H,7-8,10-12H2,1-3H3. The molecule has 0 aromatic carbocycles. The van der Waals surface area contributed by atoms with Crippen LogP contribution in [0.3, 0.4) is 0 Å². The van der Waals surface area contributed by atoms with Crippen molar-refractivity contribution in [3.8, 4) is 0 Å². The fourth-order valence-corrected chi connectivity index (χ4v) is 4.19. The molecular formula is C19H25N5O2. The van der Waals surface area contributed by atoms with Crippen molar-refractivity contribution in [2.24, 2.45) is 11.3 Å². The normalized spacial score (nSPS) is 22.2. The number of amides is 1. The summed E-state index contributed by atoms with van der Waals surface area (Å²) in [4.78, 5) is 20.8. The van der Waals surface area contributed by atoms with Crippen molar-refractivity contribution >= 4 is 5.91 Å². The number of pyridine rings is 1. The summed E-state index contributed by atoms with van der Waals surface area (Å²) in [7, 11) is 2.09. The van der Waals surface area contributed by atoms with E-state index >= 15 is 0 Å². The molecular weight excluding hydrogens is 330 g/mol. The second kappa shape index (κ2) is 6.46. The minimum Gasteiger partial charge on any atom is -0.424 e. The van der Waals surface area contributed by atoms with Gasteiger partial charge in [0, 0.05) is 43.9 Å². The van der Waals surface area contributed by atoms with Gasteiger partial charge in [0.1, 0.15) is 0 Å². The third-order valence-corrected chi connectivity index (χ3v) is 5.34. The summed E-state index contributed by atoms with van der Waals surface area (Å²) in [6.45, 7) is 6.77. The van der Waals surface area contributed by atoms with Crippen molar-refractivity contribution in [3.63, 3.8) is 0 Å². The molecule has 0 aliphatic carbocycles. The number of hydrogen-bond donors (Lipinski definition) is 0. The van der Waals surface area contributed by atoms with Gasteiger partial charge < -0.3 is 9.32 Å². The molecule has 7 nitrogen and oxygen atoms in total. The van der Waals surface area contributed by atoms with Crippen LogP contribution in [0.4, 0.5) is 0 Å². The first kappa shape index (κ1) is 17.1. The quantitative estimate of drug-likeness (QED) is 0.837. The molecule has 26 heavy (non-hydrogen) atoms. The van der Waals surface area contributed by atoms with E-state index in [1.807, 2.05) is 11.0 Å². The van der Waals surface area contributed by atoms with Crippen LogP contribution in [0.25, 0.3) is 0 Å². The van der Waals surface area contributed by atoms with Crippen LogP contribution in [-0.2, 0) is 6.42 Å². The lowest BCUT2D eigenvalue weighted by atomic mass is 9.77. The smallest absolute Gasteiger partial charge is 0.255 e. The number of rotatable bonds is 4. The SMILES string of the molecule is CC(C)Cc1nnc(C2CC3(CN(C(=O)c4cccnc4)C3)CN2C)o1. The largest absolute Gasteiger partial charge is 0.424 e. The number of aromatic nitrogens is 3. The van der Waals surface area contributed by atoms with Crippen LogP contribution in [0.15, 0.2) is 28.9 Å². The third kappa shape index (κ3) is 3.11. The lowest BCUT2D eigenvalue weighted by Gasteiger charge is -2.48. The fraction of sp³-hybridized carbons (Fsp3) is 0.579. The van der Waals surface area contributed by atoms with E-state index in [1.54, 1.807) is 18.5 Å². The topological polar surface area (TPSA) is 75.4 Å². The van der Waals surface area contributed by atoms with E-state index in [0.717, 1.165) is 32.5 Å². The third-order valence-electron chi connectivity index (χ3n) is 5.34. The zero-order chi connectivity index (χ0) is 18.3. The minimum absolute atomic E-state index is 0.0619. The van der Waals surface area contributed by atoms with Crippen molar-refractivity contribution < 1.29 is 9.21 Å². The minimum atomic E-state index is 0.0619. The molecule has 0 saturated carbocycles. The molecule has 2 fully saturated rings. The Morgan fingerprint density at radius 1 is 1.35 bits per heavy atom. The molecule has 1 amide bonds. The first-order chi connectivity index (χ1) is 12.5. The molecule has 2 aromatic rings. The lowest BCUT2D eigenvalue weighted by Crippen LogP contribution is -2.59. The molecule has 0 radical (unpaired) electrons. The average molecular weight is 355 g/mol. The highest BCUT2D eigenvalue weighted by atomic mass is 16.4. The summed E-state index contributed by atoms with van der Waals surface area (Å²) in [6.07, 6.45) is 5.07. The highest BCUT2D eigenvalue weighted by molar-refractivity contribution is 5.94. The van der Waals surface area contributed by atoms with Gasteiger partial charge in [0.15, 0.2) is 0 Å². The Hall–Kier alpha value is -2.28. The van der Waals surface area contributed by atoms with Crippen LogP contribution in [-0.4, -0.2) is 57.6 Å². The molecule has 2 aliphatic heterocycles. The number of likely N-dealkylation sites (tertiary alicyclic amines) is 2. The second-order valence-corrected chi connectivity index (χ2v) is 8.17. The van der Waals surface area contributed by atoms with E-state index in [1.165, 1.54) is 0 Å². The van der Waals surface area contributed by atoms with E-state index in [-0.39, 0.29) is 17.4 Å². The van der Waals surface area contributed by atoms with Crippen molar-refractivity contribution in [2.45, 2.75) is 32.7 Å². The summed E-state index contributed by atoms with van der Waals surface area (Å²) >= 11 is 0. The van der Waals surface area contributed by atoms with E-state index in [2.05, 4.69) is 41.0 Å². The predicted octanol–water partition coefficient (Wildman–Crippen LogP) is 2.18. The fourth-order valence-electron chi connectivity index (χ4n) is 4.19. The molecule has 2 saturated heterocycles. The van der Waals surface area contributed by atoms with E-state index in [9.17, 15) is 4.79 Å². The maximum Gasteiger partial charge on any atom is 0.255 e. The number of nitrogens with zero attached hydrogens (tertiary/aromatic N) is 5. The molecule has 138 valence electrons. The molecule has 1 unspecified atom stereocenters. The highest BCUT2D eigenvalue weighted by Crippen LogP contribution is 2.47. The maximum absolute atomic E-state index is 12.5.